The van der Waals surface area contributed by atoms with Crippen molar-refractivity contribution in [3.05, 3.63) is 52.8 Å². The fourth-order valence-corrected chi connectivity index (χ4v) is 3.15. The molecular weight excluding hydrogens is 425 g/mol. The Morgan fingerprint density at radius 1 is 1.35 bits per heavy atom. The summed E-state index contributed by atoms with van der Waals surface area (Å²) < 4.78 is 21.1. The van der Waals surface area contributed by atoms with Crippen molar-refractivity contribution in [3.63, 3.8) is 0 Å². The molecular formula is C16H13BrFN5O2S. The van der Waals surface area contributed by atoms with E-state index in [0.717, 1.165) is 9.37 Å². The maximum atomic E-state index is 13.5. The molecule has 0 saturated carbocycles. The number of hydrogen-bond donors (Lipinski definition) is 1. The fourth-order valence-electron chi connectivity index (χ4n) is 1.99. The molecule has 0 aliphatic carbocycles. The minimum atomic E-state index is -0.520. The number of nitrogens with one attached hydrogen (secondary N) is 1. The third-order valence-electron chi connectivity index (χ3n) is 3.19. The molecule has 7 nitrogen and oxygen atoms in total. The smallest absolute Gasteiger partial charge is 0.262 e. The SMILES string of the molecule is Cn1nnnc1Sc1ccc(Br)cc1NC(=O)COc1ccccc1F. The lowest BCUT2D eigenvalue weighted by molar-refractivity contribution is -0.118. The Morgan fingerprint density at radius 3 is 2.88 bits per heavy atom. The molecule has 0 fully saturated rings. The summed E-state index contributed by atoms with van der Waals surface area (Å²) >= 11 is 4.68. The largest absolute Gasteiger partial charge is 0.481 e. The number of aryl methyl sites for hydroxylation is 1. The minimum Gasteiger partial charge on any atom is -0.481 e. The maximum absolute atomic E-state index is 13.5. The monoisotopic (exact) mass is 437 g/mol. The molecule has 10 heteroatoms. The molecule has 0 unspecified atom stereocenters. The summed E-state index contributed by atoms with van der Waals surface area (Å²) in [5.41, 5.74) is 0.564. The number of nitrogens with zero attached hydrogens (tertiary/aromatic N) is 4. The lowest BCUT2D eigenvalue weighted by atomic mass is 10.3. The summed E-state index contributed by atoms with van der Waals surface area (Å²) in [6.07, 6.45) is 0. The highest BCUT2D eigenvalue weighted by Gasteiger charge is 2.13. The quantitative estimate of drug-likeness (QED) is 0.636. The van der Waals surface area contributed by atoms with Crippen molar-refractivity contribution in [2.45, 2.75) is 10.1 Å². The van der Waals surface area contributed by atoms with Crippen LogP contribution in [0.2, 0.25) is 0 Å². The molecule has 0 radical (unpaired) electrons. The van der Waals surface area contributed by atoms with Gasteiger partial charge in [-0.25, -0.2) is 9.07 Å². The number of para-hydroxylation sites is 1. The van der Waals surface area contributed by atoms with Crippen LogP contribution in [0.4, 0.5) is 10.1 Å². The normalized spacial score (nSPS) is 10.6. The highest BCUT2D eigenvalue weighted by molar-refractivity contribution is 9.10. The predicted octanol–water partition coefficient (Wildman–Crippen LogP) is 3.28. The highest BCUT2D eigenvalue weighted by atomic mass is 79.9. The number of anilines is 1. The van der Waals surface area contributed by atoms with Crippen LogP contribution < -0.4 is 10.1 Å². The van der Waals surface area contributed by atoms with E-state index in [1.165, 1.54) is 28.6 Å². The van der Waals surface area contributed by atoms with Crippen LogP contribution in [-0.2, 0) is 11.8 Å². The van der Waals surface area contributed by atoms with Crippen LogP contribution in [-0.4, -0.2) is 32.7 Å². The number of tetrazole rings is 1. The van der Waals surface area contributed by atoms with E-state index in [0.29, 0.717) is 10.8 Å². The van der Waals surface area contributed by atoms with Gasteiger partial charge in [-0.2, -0.15) is 0 Å². The average Bonchev–Trinajstić information content (AvgIpc) is 3.01. The van der Waals surface area contributed by atoms with Crippen molar-refractivity contribution in [2.75, 3.05) is 11.9 Å². The van der Waals surface area contributed by atoms with Gasteiger partial charge in [0.15, 0.2) is 18.2 Å². The average molecular weight is 438 g/mol. The van der Waals surface area contributed by atoms with Crippen LogP contribution in [0.15, 0.2) is 57.0 Å². The molecule has 3 rings (SSSR count). The highest BCUT2D eigenvalue weighted by Crippen LogP contribution is 2.33. The van der Waals surface area contributed by atoms with Crippen LogP contribution in [0.25, 0.3) is 0 Å². The topological polar surface area (TPSA) is 81.9 Å². The Balaban J connectivity index is 1.70. The Kier molecular flexibility index (Phi) is 5.84. The Morgan fingerprint density at radius 2 is 2.15 bits per heavy atom. The summed E-state index contributed by atoms with van der Waals surface area (Å²) in [4.78, 5) is 13.0. The van der Waals surface area contributed by atoms with Crippen molar-refractivity contribution in [1.82, 2.24) is 20.2 Å². The van der Waals surface area contributed by atoms with E-state index < -0.39 is 11.7 Å². The minimum absolute atomic E-state index is 0.0247. The fraction of sp³-hybridized carbons (Fsp3) is 0.125. The molecule has 1 N–H and O–H groups in total. The van der Waals surface area contributed by atoms with Crippen LogP contribution in [0, 0.1) is 5.82 Å². The third kappa shape index (κ3) is 4.58. The van der Waals surface area contributed by atoms with Crippen molar-refractivity contribution >= 4 is 39.3 Å². The standard InChI is InChI=1S/C16H13BrFN5O2S/c1-23-16(20-21-22-23)26-14-7-6-10(17)8-12(14)19-15(24)9-25-13-5-3-2-4-11(13)18/h2-8H,9H2,1H3,(H,19,24). The summed E-state index contributed by atoms with van der Waals surface area (Å²) in [5.74, 6) is -0.908. The second-order valence-electron chi connectivity index (χ2n) is 5.09. The van der Waals surface area contributed by atoms with E-state index in [1.807, 2.05) is 12.1 Å². The number of hydrogen-bond acceptors (Lipinski definition) is 6. The van der Waals surface area contributed by atoms with Gasteiger partial charge in [0, 0.05) is 16.4 Å². The molecule has 0 aliphatic rings. The molecule has 0 atom stereocenters. The molecule has 1 aromatic heterocycles. The summed E-state index contributed by atoms with van der Waals surface area (Å²) in [6, 6.07) is 11.3. The van der Waals surface area contributed by atoms with E-state index in [1.54, 1.807) is 25.2 Å². The number of amides is 1. The first-order chi connectivity index (χ1) is 12.5. The third-order valence-corrected chi connectivity index (χ3v) is 4.79. The van der Waals surface area contributed by atoms with E-state index in [9.17, 15) is 9.18 Å². The van der Waals surface area contributed by atoms with Crippen LogP contribution in [0.5, 0.6) is 5.75 Å². The summed E-state index contributed by atoms with van der Waals surface area (Å²) in [7, 11) is 1.72. The number of benzene rings is 2. The first kappa shape index (κ1) is 18.3. The van der Waals surface area contributed by atoms with Crippen molar-refractivity contribution in [2.24, 2.45) is 7.05 Å². The Bertz CT molecular complexity index is 937. The van der Waals surface area contributed by atoms with Gasteiger partial charge in [-0.3, -0.25) is 4.79 Å². The molecule has 0 bridgehead atoms. The second kappa shape index (κ2) is 8.28. The van der Waals surface area contributed by atoms with Crippen LogP contribution >= 0.6 is 27.7 Å². The van der Waals surface area contributed by atoms with Crippen molar-refractivity contribution in [1.29, 1.82) is 0 Å². The van der Waals surface area contributed by atoms with Crippen molar-refractivity contribution < 1.29 is 13.9 Å². The number of aromatic nitrogens is 4. The molecule has 1 heterocycles. The number of rotatable bonds is 6. The molecule has 0 spiro atoms. The van der Waals surface area contributed by atoms with Crippen molar-refractivity contribution in [3.8, 4) is 5.75 Å². The van der Waals surface area contributed by atoms with Gasteiger partial charge >= 0.3 is 0 Å². The van der Waals surface area contributed by atoms with Crippen LogP contribution in [0.1, 0.15) is 0 Å². The molecule has 1 amide bonds. The van der Waals surface area contributed by atoms with Gasteiger partial charge < -0.3 is 10.1 Å². The van der Waals surface area contributed by atoms with Gasteiger partial charge in [0.05, 0.1) is 5.69 Å². The predicted molar refractivity (Wildman–Crippen MR) is 97.6 cm³/mol. The maximum Gasteiger partial charge on any atom is 0.262 e. The molecule has 134 valence electrons. The van der Waals surface area contributed by atoms with E-state index >= 15 is 0 Å². The molecule has 26 heavy (non-hydrogen) atoms. The Labute approximate surface area is 161 Å². The summed E-state index contributed by atoms with van der Waals surface area (Å²) in [6.45, 7) is -0.316. The van der Waals surface area contributed by atoms with Gasteiger partial charge in [-0.1, -0.05) is 28.1 Å². The lowest BCUT2D eigenvalue weighted by Gasteiger charge is -2.12. The van der Waals surface area contributed by atoms with Gasteiger partial charge in [-0.15, -0.1) is 5.10 Å². The lowest BCUT2D eigenvalue weighted by Crippen LogP contribution is -2.20. The molecule has 0 saturated heterocycles. The number of carbonyl (C=O) groups is 1. The first-order valence-electron chi connectivity index (χ1n) is 7.40. The van der Waals surface area contributed by atoms with Gasteiger partial charge in [-0.05, 0) is 52.5 Å². The zero-order valence-corrected chi connectivity index (χ0v) is 15.9. The Hall–Kier alpha value is -2.46. The van der Waals surface area contributed by atoms with E-state index in [4.69, 9.17) is 4.74 Å². The van der Waals surface area contributed by atoms with Gasteiger partial charge in [0.25, 0.3) is 5.91 Å². The number of carbonyl (C=O) groups excluding carboxylic acids is 1. The molecule has 2 aromatic carbocycles. The second-order valence-corrected chi connectivity index (χ2v) is 7.02. The van der Waals surface area contributed by atoms with Crippen LogP contribution in [0.3, 0.4) is 0 Å². The molecule has 3 aromatic rings. The van der Waals surface area contributed by atoms with Gasteiger partial charge in [0.1, 0.15) is 0 Å². The van der Waals surface area contributed by atoms with E-state index in [-0.39, 0.29) is 12.4 Å². The summed E-state index contributed by atoms with van der Waals surface area (Å²) in [5, 5.41) is 14.6. The first-order valence-corrected chi connectivity index (χ1v) is 9.01. The number of halogens is 2. The number of ether oxygens (including phenoxy) is 1. The van der Waals surface area contributed by atoms with Gasteiger partial charge in [0.2, 0.25) is 5.16 Å². The molecule has 0 aliphatic heterocycles. The van der Waals surface area contributed by atoms with E-state index in [2.05, 4.69) is 36.8 Å². The zero-order valence-electron chi connectivity index (χ0n) is 13.5. The zero-order chi connectivity index (χ0) is 18.5.